The van der Waals surface area contributed by atoms with Crippen molar-refractivity contribution in [1.29, 1.82) is 0 Å². The standard InChI is InChI=1S/C14H24N2O3S/c1-10(2)14(3,4)9-16-20(17,18)13-8-11(15)6-7-12(13)19-5/h6-8,10,16H,9,15H2,1-5H3. The van der Waals surface area contributed by atoms with E-state index in [2.05, 4.69) is 18.6 Å². The lowest BCUT2D eigenvalue weighted by Crippen LogP contribution is -2.37. The van der Waals surface area contributed by atoms with Crippen molar-refractivity contribution in [3.63, 3.8) is 0 Å². The van der Waals surface area contributed by atoms with Gasteiger partial charge in [0.2, 0.25) is 10.0 Å². The van der Waals surface area contributed by atoms with E-state index in [0.717, 1.165) is 0 Å². The summed E-state index contributed by atoms with van der Waals surface area (Å²) in [5.41, 5.74) is 5.91. The maximum atomic E-state index is 12.4. The summed E-state index contributed by atoms with van der Waals surface area (Å²) in [6.07, 6.45) is 0. The monoisotopic (exact) mass is 300 g/mol. The maximum absolute atomic E-state index is 12.4. The number of nitrogens with two attached hydrogens (primary N) is 1. The summed E-state index contributed by atoms with van der Waals surface area (Å²) in [6, 6.07) is 4.57. The molecule has 0 aliphatic carbocycles. The molecule has 0 saturated heterocycles. The third-order valence-corrected chi connectivity index (χ3v) is 5.18. The molecule has 1 aromatic carbocycles. The zero-order valence-corrected chi connectivity index (χ0v) is 13.5. The van der Waals surface area contributed by atoms with E-state index in [0.29, 0.717) is 18.2 Å². The van der Waals surface area contributed by atoms with E-state index in [9.17, 15) is 8.42 Å². The number of nitrogens with one attached hydrogen (secondary N) is 1. The number of sulfonamides is 1. The van der Waals surface area contributed by atoms with Gasteiger partial charge in [0.15, 0.2) is 0 Å². The smallest absolute Gasteiger partial charge is 0.244 e. The van der Waals surface area contributed by atoms with Gasteiger partial charge in [-0.15, -0.1) is 0 Å². The second-order valence-electron chi connectivity index (χ2n) is 5.88. The first-order chi connectivity index (χ1) is 9.10. The van der Waals surface area contributed by atoms with Crippen molar-refractivity contribution >= 4 is 15.7 Å². The first kappa shape index (κ1) is 16.8. The van der Waals surface area contributed by atoms with E-state index in [-0.39, 0.29) is 16.1 Å². The number of anilines is 1. The minimum Gasteiger partial charge on any atom is -0.495 e. The van der Waals surface area contributed by atoms with Crippen molar-refractivity contribution in [2.75, 3.05) is 19.4 Å². The Kier molecular flexibility index (Phi) is 5.05. The van der Waals surface area contributed by atoms with Crippen LogP contribution in [0, 0.1) is 11.3 Å². The summed E-state index contributed by atoms with van der Waals surface area (Å²) in [5, 5.41) is 0. The third-order valence-electron chi connectivity index (χ3n) is 3.76. The molecule has 0 saturated carbocycles. The fraction of sp³-hybridized carbons (Fsp3) is 0.571. The zero-order chi connectivity index (χ0) is 15.6. The molecule has 0 amide bonds. The SMILES string of the molecule is COc1ccc(N)cc1S(=O)(=O)NCC(C)(C)C(C)C. The highest BCUT2D eigenvalue weighted by atomic mass is 32.2. The summed E-state index contributed by atoms with van der Waals surface area (Å²) < 4.78 is 32.5. The average Bonchev–Trinajstić information content (AvgIpc) is 2.36. The van der Waals surface area contributed by atoms with Crippen molar-refractivity contribution in [2.45, 2.75) is 32.6 Å². The largest absolute Gasteiger partial charge is 0.495 e. The van der Waals surface area contributed by atoms with Gasteiger partial charge in [0.25, 0.3) is 0 Å². The molecule has 6 heteroatoms. The van der Waals surface area contributed by atoms with E-state index in [4.69, 9.17) is 10.5 Å². The Bertz CT molecular complexity index is 566. The van der Waals surface area contributed by atoms with Crippen LogP contribution < -0.4 is 15.2 Å². The predicted octanol–water partition coefficient (Wildman–Crippen LogP) is 2.24. The molecule has 0 heterocycles. The lowest BCUT2D eigenvalue weighted by Gasteiger charge is -2.29. The predicted molar refractivity (Wildman–Crippen MR) is 81.2 cm³/mol. The van der Waals surface area contributed by atoms with Crippen molar-refractivity contribution in [1.82, 2.24) is 4.72 Å². The van der Waals surface area contributed by atoms with E-state index >= 15 is 0 Å². The van der Waals surface area contributed by atoms with Crippen LogP contribution in [0.4, 0.5) is 5.69 Å². The Hall–Kier alpha value is -1.27. The van der Waals surface area contributed by atoms with Crippen LogP contribution in [0.15, 0.2) is 23.1 Å². The Morgan fingerprint density at radius 2 is 1.95 bits per heavy atom. The molecule has 0 aliphatic heterocycles. The first-order valence-electron chi connectivity index (χ1n) is 6.53. The number of benzene rings is 1. The molecule has 1 rings (SSSR count). The molecule has 0 atom stereocenters. The fourth-order valence-electron chi connectivity index (χ4n) is 1.47. The van der Waals surface area contributed by atoms with Gasteiger partial charge in [-0.1, -0.05) is 27.7 Å². The Balaban J connectivity index is 3.03. The highest BCUT2D eigenvalue weighted by molar-refractivity contribution is 7.89. The van der Waals surface area contributed by atoms with Crippen LogP contribution >= 0.6 is 0 Å². The van der Waals surface area contributed by atoms with Gasteiger partial charge in [-0.2, -0.15) is 0 Å². The van der Waals surface area contributed by atoms with Crippen molar-refractivity contribution in [2.24, 2.45) is 11.3 Å². The topological polar surface area (TPSA) is 81.4 Å². The van der Waals surface area contributed by atoms with Gasteiger partial charge in [0, 0.05) is 12.2 Å². The summed E-state index contributed by atoms with van der Waals surface area (Å²) in [5.74, 6) is 0.641. The average molecular weight is 300 g/mol. The van der Waals surface area contributed by atoms with Gasteiger partial charge in [0.05, 0.1) is 7.11 Å². The van der Waals surface area contributed by atoms with Crippen molar-refractivity contribution < 1.29 is 13.2 Å². The number of hydrogen-bond donors (Lipinski definition) is 2. The molecular weight excluding hydrogens is 276 g/mol. The maximum Gasteiger partial charge on any atom is 0.244 e. The summed E-state index contributed by atoms with van der Waals surface area (Å²) in [4.78, 5) is 0.0690. The van der Waals surface area contributed by atoms with E-state index in [1.54, 1.807) is 12.1 Å². The fourth-order valence-corrected chi connectivity index (χ4v) is 2.89. The van der Waals surface area contributed by atoms with Crippen LogP contribution in [-0.2, 0) is 10.0 Å². The number of methoxy groups -OCH3 is 1. The molecule has 0 unspecified atom stereocenters. The highest BCUT2D eigenvalue weighted by Gasteiger charge is 2.27. The van der Waals surface area contributed by atoms with Crippen molar-refractivity contribution in [3.05, 3.63) is 18.2 Å². The number of nitrogen functional groups attached to an aromatic ring is 1. The lowest BCUT2D eigenvalue weighted by atomic mass is 9.81. The Labute approximate surface area is 121 Å². The molecule has 0 fully saturated rings. The zero-order valence-electron chi connectivity index (χ0n) is 12.7. The molecule has 0 bridgehead atoms. The van der Waals surface area contributed by atoms with Crippen LogP contribution in [0.3, 0.4) is 0 Å². The second kappa shape index (κ2) is 6.01. The lowest BCUT2D eigenvalue weighted by molar-refractivity contribution is 0.252. The summed E-state index contributed by atoms with van der Waals surface area (Å²) in [6.45, 7) is 8.53. The van der Waals surface area contributed by atoms with Crippen LogP contribution in [0.25, 0.3) is 0 Å². The van der Waals surface area contributed by atoms with Crippen LogP contribution in [0.5, 0.6) is 5.75 Å². The number of ether oxygens (including phenoxy) is 1. The molecule has 20 heavy (non-hydrogen) atoms. The first-order valence-corrected chi connectivity index (χ1v) is 8.01. The van der Waals surface area contributed by atoms with Crippen LogP contribution in [0.1, 0.15) is 27.7 Å². The molecule has 0 aromatic heterocycles. The van der Waals surface area contributed by atoms with Crippen LogP contribution in [-0.4, -0.2) is 22.1 Å². The normalized spacial score (nSPS) is 12.7. The molecule has 1 aromatic rings. The minimum absolute atomic E-state index is 0.0690. The van der Waals surface area contributed by atoms with Gasteiger partial charge in [0.1, 0.15) is 10.6 Å². The molecule has 0 spiro atoms. The van der Waals surface area contributed by atoms with Gasteiger partial charge in [-0.25, -0.2) is 13.1 Å². The van der Waals surface area contributed by atoms with E-state index < -0.39 is 10.0 Å². The van der Waals surface area contributed by atoms with Gasteiger partial charge < -0.3 is 10.5 Å². The molecule has 114 valence electrons. The van der Waals surface area contributed by atoms with E-state index in [1.165, 1.54) is 13.2 Å². The van der Waals surface area contributed by atoms with Gasteiger partial charge in [-0.3, -0.25) is 0 Å². The molecule has 0 radical (unpaired) electrons. The molecule has 0 aliphatic rings. The Morgan fingerprint density at radius 3 is 2.45 bits per heavy atom. The van der Waals surface area contributed by atoms with Crippen LogP contribution in [0.2, 0.25) is 0 Å². The summed E-state index contributed by atoms with van der Waals surface area (Å²) >= 11 is 0. The summed E-state index contributed by atoms with van der Waals surface area (Å²) in [7, 11) is -2.21. The third kappa shape index (κ3) is 3.86. The second-order valence-corrected chi connectivity index (χ2v) is 7.61. The molecular formula is C14H24N2O3S. The van der Waals surface area contributed by atoms with Crippen molar-refractivity contribution in [3.8, 4) is 5.75 Å². The van der Waals surface area contributed by atoms with Gasteiger partial charge >= 0.3 is 0 Å². The molecule has 3 N–H and O–H groups in total. The van der Waals surface area contributed by atoms with E-state index in [1.807, 2.05) is 13.8 Å². The number of hydrogen-bond acceptors (Lipinski definition) is 4. The molecule has 5 nitrogen and oxygen atoms in total. The quantitative estimate of drug-likeness (QED) is 0.789. The highest BCUT2D eigenvalue weighted by Crippen LogP contribution is 2.28. The Morgan fingerprint density at radius 1 is 1.35 bits per heavy atom. The minimum atomic E-state index is -3.65. The van der Waals surface area contributed by atoms with Gasteiger partial charge in [-0.05, 0) is 29.5 Å². The number of rotatable bonds is 6.